The number of rotatable bonds is 6. The molecule has 0 unspecified atom stereocenters. The minimum Gasteiger partial charge on any atom is -0.480 e. The first kappa shape index (κ1) is 19.0. The van der Waals surface area contributed by atoms with Crippen molar-refractivity contribution in [3.8, 4) is 5.75 Å². The van der Waals surface area contributed by atoms with E-state index in [2.05, 4.69) is 0 Å². The predicted molar refractivity (Wildman–Crippen MR) is 97.6 cm³/mol. The van der Waals surface area contributed by atoms with Gasteiger partial charge in [-0.2, -0.15) is 0 Å². The van der Waals surface area contributed by atoms with E-state index in [1.165, 1.54) is 0 Å². The molecule has 2 aromatic rings. The quantitative estimate of drug-likeness (QED) is 0.566. The van der Waals surface area contributed by atoms with E-state index >= 15 is 0 Å². The standard InChI is InChI=1S/C20H21ClO4/c1-12-5-6-17(21)19(7-12)24-11-20(23)25-10-18(22)16-9-14(3)13(2)8-15(16)4/h5-9H,10-11H2,1-4H3. The van der Waals surface area contributed by atoms with Crippen LogP contribution < -0.4 is 4.74 Å². The van der Waals surface area contributed by atoms with E-state index in [1.54, 1.807) is 12.1 Å². The molecule has 0 atom stereocenters. The normalized spacial score (nSPS) is 10.4. The summed E-state index contributed by atoms with van der Waals surface area (Å²) in [4.78, 5) is 24.1. The molecule has 0 saturated carbocycles. The zero-order valence-corrected chi connectivity index (χ0v) is 15.6. The lowest BCUT2D eigenvalue weighted by molar-refractivity contribution is -0.144. The van der Waals surface area contributed by atoms with E-state index in [9.17, 15) is 9.59 Å². The van der Waals surface area contributed by atoms with Gasteiger partial charge in [-0.05, 0) is 68.1 Å². The number of ether oxygens (including phenoxy) is 2. The highest BCUT2D eigenvalue weighted by Gasteiger charge is 2.14. The highest BCUT2D eigenvalue weighted by atomic mass is 35.5. The van der Waals surface area contributed by atoms with Crippen molar-refractivity contribution in [2.24, 2.45) is 0 Å². The molecule has 0 bridgehead atoms. The van der Waals surface area contributed by atoms with Crippen LogP contribution in [0.4, 0.5) is 0 Å². The fourth-order valence-corrected chi connectivity index (χ4v) is 2.56. The lowest BCUT2D eigenvalue weighted by atomic mass is 9.98. The Morgan fingerprint density at radius 1 is 0.920 bits per heavy atom. The zero-order chi connectivity index (χ0) is 18.6. The Kier molecular flexibility index (Phi) is 6.21. The van der Waals surface area contributed by atoms with Crippen molar-refractivity contribution in [2.45, 2.75) is 27.7 Å². The second-order valence-electron chi connectivity index (χ2n) is 6.06. The summed E-state index contributed by atoms with van der Waals surface area (Å²) < 4.78 is 10.4. The van der Waals surface area contributed by atoms with Gasteiger partial charge in [-0.1, -0.05) is 23.7 Å². The number of ketones is 1. The van der Waals surface area contributed by atoms with Gasteiger partial charge in [0.2, 0.25) is 5.78 Å². The molecule has 0 aliphatic carbocycles. The van der Waals surface area contributed by atoms with Crippen molar-refractivity contribution in [3.05, 3.63) is 63.2 Å². The second-order valence-corrected chi connectivity index (χ2v) is 6.46. The second kappa shape index (κ2) is 8.17. The number of aryl methyl sites for hydroxylation is 4. The first-order valence-electron chi connectivity index (χ1n) is 7.93. The average molecular weight is 361 g/mol. The molecule has 25 heavy (non-hydrogen) atoms. The van der Waals surface area contributed by atoms with Gasteiger partial charge in [-0.25, -0.2) is 4.79 Å². The van der Waals surface area contributed by atoms with Crippen LogP contribution in [0.5, 0.6) is 5.75 Å². The molecule has 0 fully saturated rings. The average Bonchev–Trinajstić information content (AvgIpc) is 2.56. The van der Waals surface area contributed by atoms with Crippen LogP contribution in [-0.4, -0.2) is 25.0 Å². The van der Waals surface area contributed by atoms with Crippen LogP contribution in [-0.2, 0) is 9.53 Å². The maximum absolute atomic E-state index is 12.3. The Balaban J connectivity index is 1.90. The third-order valence-electron chi connectivity index (χ3n) is 3.94. The van der Waals surface area contributed by atoms with Crippen LogP contribution in [0, 0.1) is 27.7 Å². The molecule has 0 aliphatic heterocycles. The molecule has 0 aliphatic rings. The molecule has 2 aromatic carbocycles. The highest BCUT2D eigenvalue weighted by molar-refractivity contribution is 6.32. The van der Waals surface area contributed by atoms with Crippen LogP contribution in [0.25, 0.3) is 0 Å². The largest absolute Gasteiger partial charge is 0.480 e. The molecule has 132 valence electrons. The fourth-order valence-electron chi connectivity index (χ4n) is 2.38. The topological polar surface area (TPSA) is 52.6 Å². The summed E-state index contributed by atoms with van der Waals surface area (Å²) in [5, 5.41) is 0.417. The van der Waals surface area contributed by atoms with Gasteiger partial charge < -0.3 is 9.47 Å². The number of carbonyl (C=O) groups is 2. The van der Waals surface area contributed by atoms with Gasteiger partial charge in [0.05, 0.1) is 5.02 Å². The van der Waals surface area contributed by atoms with Crippen molar-refractivity contribution in [1.82, 2.24) is 0 Å². The van der Waals surface area contributed by atoms with Crippen LogP contribution in [0.15, 0.2) is 30.3 Å². The molecule has 2 rings (SSSR count). The van der Waals surface area contributed by atoms with Crippen molar-refractivity contribution < 1.29 is 19.1 Å². The summed E-state index contributed by atoms with van der Waals surface area (Å²) in [7, 11) is 0. The van der Waals surface area contributed by atoms with Gasteiger partial charge in [0.25, 0.3) is 0 Å². The number of halogens is 1. The van der Waals surface area contributed by atoms with E-state index in [-0.39, 0.29) is 19.0 Å². The Bertz CT molecular complexity index is 812. The van der Waals surface area contributed by atoms with Crippen molar-refractivity contribution in [2.75, 3.05) is 13.2 Å². The summed E-state index contributed by atoms with van der Waals surface area (Å²) in [6.07, 6.45) is 0. The van der Waals surface area contributed by atoms with Crippen molar-refractivity contribution >= 4 is 23.4 Å². The number of carbonyl (C=O) groups excluding carboxylic acids is 2. The van der Waals surface area contributed by atoms with Gasteiger partial charge in [0.1, 0.15) is 5.75 Å². The van der Waals surface area contributed by atoms with E-state index in [4.69, 9.17) is 21.1 Å². The Morgan fingerprint density at radius 2 is 1.60 bits per heavy atom. The molecule has 0 spiro atoms. The monoisotopic (exact) mass is 360 g/mol. The number of esters is 1. The van der Waals surface area contributed by atoms with Crippen LogP contribution in [0.3, 0.4) is 0 Å². The molecule has 0 aromatic heterocycles. The SMILES string of the molecule is Cc1ccc(Cl)c(OCC(=O)OCC(=O)c2cc(C)c(C)cc2C)c1. The molecule has 0 amide bonds. The van der Waals surface area contributed by atoms with E-state index < -0.39 is 5.97 Å². The molecule has 5 heteroatoms. The summed E-state index contributed by atoms with van der Waals surface area (Å²) in [5.41, 5.74) is 4.55. The Labute approximate surface area is 152 Å². The third-order valence-corrected chi connectivity index (χ3v) is 4.25. The first-order valence-corrected chi connectivity index (χ1v) is 8.31. The summed E-state index contributed by atoms with van der Waals surface area (Å²) >= 11 is 6.00. The van der Waals surface area contributed by atoms with Crippen LogP contribution in [0.2, 0.25) is 5.02 Å². The number of Topliss-reactive ketones (excluding diaryl/α,β-unsaturated/α-hetero) is 1. The minimum absolute atomic E-state index is 0.234. The minimum atomic E-state index is -0.618. The van der Waals surface area contributed by atoms with Gasteiger partial charge in [0.15, 0.2) is 13.2 Å². The smallest absolute Gasteiger partial charge is 0.344 e. The first-order chi connectivity index (χ1) is 11.8. The lowest BCUT2D eigenvalue weighted by Crippen LogP contribution is -2.20. The Hall–Kier alpha value is -2.33. The molecule has 0 saturated heterocycles. The molecule has 0 N–H and O–H groups in total. The highest BCUT2D eigenvalue weighted by Crippen LogP contribution is 2.25. The number of hydrogen-bond donors (Lipinski definition) is 0. The maximum Gasteiger partial charge on any atom is 0.344 e. The van der Waals surface area contributed by atoms with E-state index in [0.29, 0.717) is 16.3 Å². The lowest BCUT2D eigenvalue weighted by Gasteiger charge is -2.11. The van der Waals surface area contributed by atoms with Gasteiger partial charge in [-0.3, -0.25) is 4.79 Å². The predicted octanol–water partition coefficient (Wildman–Crippen LogP) is 4.38. The van der Waals surface area contributed by atoms with Crippen LogP contribution in [0.1, 0.15) is 32.6 Å². The van der Waals surface area contributed by atoms with Crippen molar-refractivity contribution in [1.29, 1.82) is 0 Å². The number of benzene rings is 2. The van der Waals surface area contributed by atoms with Gasteiger partial charge in [-0.15, -0.1) is 0 Å². The van der Waals surface area contributed by atoms with E-state index in [1.807, 2.05) is 45.9 Å². The molecule has 0 radical (unpaired) electrons. The molecule has 0 heterocycles. The Morgan fingerprint density at radius 3 is 2.32 bits per heavy atom. The van der Waals surface area contributed by atoms with Crippen LogP contribution >= 0.6 is 11.6 Å². The summed E-state index contributed by atoms with van der Waals surface area (Å²) in [6, 6.07) is 9.05. The summed E-state index contributed by atoms with van der Waals surface area (Å²) in [6.45, 7) is 7.08. The van der Waals surface area contributed by atoms with Crippen molar-refractivity contribution in [3.63, 3.8) is 0 Å². The molecule has 4 nitrogen and oxygen atoms in total. The third kappa shape index (κ3) is 5.07. The molecular weight excluding hydrogens is 340 g/mol. The maximum atomic E-state index is 12.3. The number of hydrogen-bond acceptors (Lipinski definition) is 4. The van der Waals surface area contributed by atoms with Gasteiger partial charge in [0, 0.05) is 5.56 Å². The summed E-state index contributed by atoms with van der Waals surface area (Å²) in [5.74, 6) is -0.440. The zero-order valence-electron chi connectivity index (χ0n) is 14.8. The molecular formula is C20H21ClO4. The van der Waals surface area contributed by atoms with Gasteiger partial charge >= 0.3 is 5.97 Å². The fraction of sp³-hybridized carbons (Fsp3) is 0.300. The van der Waals surface area contributed by atoms with E-state index in [0.717, 1.165) is 22.3 Å².